The van der Waals surface area contributed by atoms with Crippen molar-refractivity contribution in [2.75, 3.05) is 19.6 Å². The molecule has 2 N–H and O–H groups in total. The highest BCUT2D eigenvalue weighted by atomic mass is 19.1. The van der Waals surface area contributed by atoms with Crippen molar-refractivity contribution >= 4 is 0 Å². The molecular formula is C14H21FN2O2. The van der Waals surface area contributed by atoms with E-state index < -0.39 is 17.5 Å². The topological polar surface area (TPSA) is 56.6 Å². The highest BCUT2D eigenvalue weighted by Gasteiger charge is 2.27. The normalized spacial score (nSPS) is 21.3. The minimum Gasteiger partial charge on any atom is -0.390 e. The van der Waals surface area contributed by atoms with Crippen molar-refractivity contribution in [1.82, 2.24) is 9.88 Å². The maximum atomic E-state index is 12.7. The van der Waals surface area contributed by atoms with E-state index in [-0.39, 0.29) is 0 Å². The fourth-order valence-electron chi connectivity index (χ4n) is 2.30. The number of hydrogen-bond donors (Lipinski definition) is 2. The van der Waals surface area contributed by atoms with Crippen LogP contribution in [0.5, 0.6) is 0 Å². The molecule has 0 spiro atoms. The SMILES string of the molecule is CC1(O)CCN(CCC(O)c2ccc(F)cn2)CC1. The maximum absolute atomic E-state index is 12.7. The van der Waals surface area contributed by atoms with E-state index in [9.17, 15) is 14.6 Å². The van der Waals surface area contributed by atoms with Crippen LogP contribution in [0, 0.1) is 5.82 Å². The van der Waals surface area contributed by atoms with Crippen LogP contribution in [-0.4, -0.2) is 45.3 Å². The van der Waals surface area contributed by atoms with Crippen LogP contribution >= 0.6 is 0 Å². The number of aliphatic hydroxyl groups is 2. The second kappa shape index (κ2) is 5.94. The molecule has 1 aromatic heterocycles. The number of halogens is 1. The fraction of sp³-hybridized carbons (Fsp3) is 0.643. The summed E-state index contributed by atoms with van der Waals surface area (Å²) in [4.78, 5) is 6.11. The van der Waals surface area contributed by atoms with E-state index >= 15 is 0 Å². The van der Waals surface area contributed by atoms with Crippen molar-refractivity contribution in [3.8, 4) is 0 Å². The number of piperidine rings is 1. The van der Waals surface area contributed by atoms with Gasteiger partial charge in [-0.1, -0.05) is 0 Å². The minimum atomic E-state index is -0.664. The molecule has 1 saturated heterocycles. The zero-order chi connectivity index (χ0) is 13.9. The van der Waals surface area contributed by atoms with Crippen LogP contribution in [-0.2, 0) is 0 Å². The molecule has 0 radical (unpaired) electrons. The quantitative estimate of drug-likeness (QED) is 0.868. The fourth-order valence-corrected chi connectivity index (χ4v) is 2.30. The summed E-state index contributed by atoms with van der Waals surface area (Å²) in [6.45, 7) is 4.31. The van der Waals surface area contributed by atoms with Crippen LogP contribution in [0.1, 0.15) is 38.0 Å². The Morgan fingerprint density at radius 1 is 1.42 bits per heavy atom. The van der Waals surface area contributed by atoms with Crippen LogP contribution in [0.25, 0.3) is 0 Å². The van der Waals surface area contributed by atoms with Crippen molar-refractivity contribution in [3.05, 3.63) is 29.8 Å². The van der Waals surface area contributed by atoms with Crippen LogP contribution in [0.2, 0.25) is 0 Å². The van der Waals surface area contributed by atoms with Gasteiger partial charge in [-0.25, -0.2) is 4.39 Å². The van der Waals surface area contributed by atoms with Crippen molar-refractivity contribution in [1.29, 1.82) is 0 Å². The molecule has 0 bridgehead atoms. The molecule has 0 aromatic carbocycles. The molecule has 0 saturated carbocycles. The van der Waals surface area contributed by atoms with E-state index in [0.717, 1.165) is 38.7 Å². The lowest BCUT2D eigenvalue weighted by Crippen LogP contribution is -2.42. The van der Waals surface area contributed by atoms with Gasteiger partial charge in [0.2, 0.25) is 0 Å². The Balaban J connectivity index is 1.78. The zero-order valence-corrected chi connectivity index (χ0v) is 11.2. The number of pyridine rings is 1. The van der Waals surface area contributed by atoms with E-state index in [1.165, 1.54) is 12.1 Å². The molecule has 1 aliphatic rings. The van der Waals surface area contributed by atoms with E-state index in [1.807, 2.05) is 6.92 Å². The number of aliphatic hydroxyl groups excluding tert-OH is 1. The van der Waals surface area contributed by atoms with Crippen molar-refractivity contribution < 1.29 is 14.6 Å². The smallest absolute Gasteiger partial charge is 0.141 e. The van der Waals surface area contributed by atoms with Crippen molar-refractivity contribution in [2.45, 2.75) is 37.9 Å². The predicted molar refractivity (Wildman–Crippen MR) is 70.1 cm³/mol. The zero-order valence-electron chi connectivity index (χ0n) is 11.2. The third-order valence-electron chi connectivity index (χ3n) is 3.74. The molecule has 1 atom stereocenters. The molecule has 0 aliphatic carbocycles. The Bertz CT molecular complexity index is 398. The van der Waals surface area contributed by atoms with Gasteiger partial charge in [0.05, 0.1) is 23.6 Å². The van der Waals surface area contributed by atoms with Gasteiger partial charge in [-0.05, 0) is 38.3 Å². The maximum Gasteiger partial charge on any atom is 0.141 e. The third kappa shape index (κ3) is 4.23. The van der Waals surface area contributed by atoms with Gasteiger partial charge in [0.25, 0.3) is 0 Å². The molecule has 1 fully saturated rings. The number of rotatable bonds is 4. The summed E-state index contributed by atoms with van der Waals surface area (Å²) in [5.41, 5.74) is -0.0430. The van der Waals surface area contributed by atoms with Crippen LogP contribution in [0.15, 0.2) is 18.3 Å². The summed E-state index contributed by atoms with van der Waals surface area (Å²) in [5.74, 6) is -0.394. The van der Waals surface area contributed by atoms with E-state index in [4.69, 9.17) is 0 Å². The number of likely N-dealkylation sites (tertiary alicyclic amines) is 1. The predicted octanol–water partition coefficient (Wildman–Crippen LogP) is 1.49. The lowest BCUT2D eigenvalue weighted by molar-refractivity contribution is -0.00823. The Hall–Kier alpha value is -1.04. The first kappa shape index (κ1) is 14.4. The highest BCUT2D eigenvalue weighted by molar-refractivity contribution is 5.07. The summed E-state index contributed by atoms with van der Waals surface area (Å²) in [5, 5.41) is 19.8. The van der Waals surface area contributed by atoms with Gasteiger partial charge in [0, 0.05) is 19.6 Å². The van der Waals surface area contributed by atoms with Gasteiger partial charge in [-0.3, -0.25) is 4.98 Å². The average molecular weight is 268 g/mol. The summed E-state index contributed by atoms with van der Waals surface area (Å²) in [7, 11) is 0. The van der Waals surface area contributed by atoms with Gasteiger partial charge >= 0.3 is 0 Å². The molecule has 2 heterocycles. The first-order valence-electron chi connectivity index (χ1n) is 6.70. The molecule has 1 unspecified atom stereocenters. The van der Waals surface area contributed by atoms with Gasteiger partial charge in [0.15, 0.2) is 0 Å². The molecule has 0 amide bonds. The van der Waals surface area contributed by atoms with Gasteiger partial charge in [-0.2, -0.15) is 0 Å². The monoisotopic (exact) mass is 268 g/mol. The largest absolute Gasteiger partial charge is 0.390 e. The number of nitrogens with zero attached hydrogens (tertiary/aromatic N) is 2. The Morgan fingerprint density at radius 3 is 2.68 bits per heavy atom. The summed E-state index contributed by atoms with van der Waals surface area (Å²) in [6.07, 6.45) is 2.55. The second-order valence-electron chi connectivity index (χ2n) is 5.54. The van der Waals surface area contributed by atoms with Crippen molar-refractivity contribution in [3.63, 3.8) is 0 Å². The second-order valence-corrected chi connectivity index (χ2v) is 5.54. The number of hydrogen-bond acceptors (Lipinski definition) is 4. The molecule has 19 heavy (non-hydrogen) atoms. The lowest BCUT2D eigenvalue weighted by Gasteiger charge is -2.36. The number of aromatic nitrogens is 1. The van der Waals surface area contributed by atoms with E-state index in [1.54, 1.807) is 0 Å². The summed E-state index contributed by atoms with van der Waals surface area (Å²) in [6, 6.07) is 2.82. The molecule has 1 aromatic rings. The molecule has 5 heteroatoms. The molecule has 2 rings (SSSR count). The standard InChI is InChI=1S/C14H21FN2O2/c1-14(19)5-8-17(9-6-14)7-4-13(18)12-3-2-11(15)10-16-12/h2-3,10,13,18-19H,4-9H2,1H3. The van der Waals surface area contributed by atoms with Crippen molar-refractivity contribution in [2.24, 2.45) is 0 Å². The molecule has 1 aliphatic heterocycles. The Labute approximate surface area is 112 Å². The van der Waals surface area contributed by atoms with E-state index in [0.29, 0.717) is 12.1 Å². The van der Waals surface area contributed by atoms with Gasteiger partial charge < -0.3 is 15.1 Å². The molecule has 4 nitrogen and oxygen atoms in total. The van der Waals surface area contributed by atoms with Crippen LogP contribution in [0.4, 0.5) is 4.39 Å². The third-order valence-corrected chi connectivity index (χ3v) is 3.74. The van der Waals surface area contributed by atoms with E-state index in [2.05, 4.69) is 9.88 Å². The average Bonchev–Trinajstić information content (AvgIpc) is 2.38. The van der Waals surface area contributed by atoms with Gasteiger partial charge in [-0.15, -0.1) is 0 Å². The van der Waals surface area contributed by atoms with Crippen LogP contribution < -0.4 is 0 Å². The highest BCUT2D eigenvalue weighted by Crippen LogP contribution is 2.22. The minimum absolute atomic E-state index is 0.394. The lowest BCUT2D eigenvalue weighted by atomic mass is 9.93. The summed E-state index contributed by atoms with van der Waals surface area (Å²) >= 11 is 0. The van der Waals surface area contributed by atoms with Gasteiger partial charge in [0.1, 0.15) is 5.82 Å². The first-order chi connectivity index (χ1) is 8.96. The first-order valence-corrected chi connectivity index (χ1v) is 6.70. The summed E-state index contributed by atoms with van der Waals surface area (Å²) < 4.78 is 12.7. The molecular weight excluding hydrogens is 247 g/mol. The Morgan fingerprint density at radius 2 is 2.11 bits per heavy atom. The molecule has 106 valence electrons. The Kier molecular flexibility index (Phi) is 4.50. The van der Waals surface area contributed by atoms with Crippen LogP contribution in [0.3, 0.4) is 0 Å².